The van der Waals surface area contributed by atoms with Gasteiger partial charge in [0.2, 0.25) is 0 Å². The molecule has 1 aliphatic heterocycles. The monoisotopic (exact) mass is 481 g/mol. The molecule has 0 saturated carbocycles. The second-order valence-corrected chi connectivity index (χ2v) is 8.52. The van der Waals surface area contributed by atoms with Gasteiger partial charge in [-0.1, -0.05) is 30.3 Å². The van der Waals surface area contributed by atoms with E-state index in [0.29, 0.717) is 19.1 Å². The lowest BCUT2D eigenvalue weighted by Crippen LogP contribution is -2.42. The Morgan fingerprint density at radius 1 is 1.03 bits per heavy atom. The molecule has 2 heterocycles. The van der Waals surface area contributed by atoms with Gasteiger partial charge in [0.15, 0.2) is 5.75 Å². The van der Waals surface area contributed by atoms with E-state index in [2.05, 4.69) is 45.6 Å². The Hall–Kier alpha value is -3.49. The van der Waals surface area contributed by atoms with E-state index in [9.17, 15) is 8.78 Å². The van der Waals surface area contributed by atoms with Crippen LogP contribution in [0.15, 0.2) is 72.4 Å². The summed E-state index contributed by atoms with van der Waals surface area (Å²) in [6.45, 7) is 3.84. The van der Waals surface area contributed by atoms with Crippen LogP contribution in [0.2, 0.25) is 0 Å². The summed E-state index contributed by atoms with van der Waals surface area (Å²) in [6, 6.07) is 18.7. The summed E-state index contributed by atoms with van der Waals surface area (Å²) in [6.07, 6.45) is 1.47. The number of hydrogen-bond donors (Lipinski definition) is 0. The van der Waals surface area contributed by atoms with Crippen molar-refractivity contribution in [3.8, 4) is 17.4 Å². The molecule has 0 saturated heterocycles. The zero-order valence-corrected chi connectivity index (χ0v) is 20.1. The predicted octanol–water partition coefficient (Wildman–Crippen LogP) is 5.89. The Morgan fingerprint density at radius 2 is 1.83 bits per heavy atom. The van der Waals surface area contributed by atoms with Gasteiger partial charge in [0.25, 0.3) is 5.88 Å². The van der Waals surface area contributed by atoms with E-state index < -0.39 is 6.61 Å². The fourth-order valence-electron chi connectivity index (χ4n) is 4.26. The highest BCUT2D eigenvalue weighted by atomic mass is 19.3. The van der Waals surface area contributed by atoms with Gasteiger partial charge in [-0.05, 0) is 60.9 Å². The van der Waals surface area contributed by atoms with Crippen molar-refractivity contribution in [1.29, 1.82) is 0 Å². The van der Waals surface area contributed by atoms with Gasteiger partial charge in [-0.15, -0.1) is 0 Å². The third-order valence-electron chi connectivity index (χ3n) is 5.66. The van der Waals surface area contributed by atoms with Crippen LogP contribution in [0.5, 0.6) is 17.4 Å². The summed E-state index contributed by atoms with van der Waals surface area (Å²) in [5, 5.41) is 0. The van der Waals surface area contributed by atoms with Crippen LogP contribution in [0, 0.1) is 6.92 Å². The number of nitrogens with zero attached hydrogens (tertiary/aromatic N) is 3. The molecule has 0 bridgehead atoms. The molecular weight excluding hydrogens is 452 g/mol. The lowest BCUT2D eigenvalue weighted by atomic mass is 9.99. The first-order valence-corrected chi connectivity index (χ1v) is 11.3. The van der Waals surface area contributed by atoms with E-state index in [4.69, 9.17) is 9.47 Å². The van der Waals surface area contributed by atoms with Gasteiger partial charge in [0.05, 0.1) is 13.3 Å². The highest BCUT2D eigenvalue weighted by Gasteiger charge is 2.23. The fraction of sp³-hybridized carbons (Fsp3) is 0.296. The Balaban J connectivity index is 1.44. The quantitative estimate of drug-likeness (QED) is 0.380. The van der Waals surface area contributed by atoms with E-state index in [1.165, 1.54) is 23.9 Å². The Kier molecular flexibility index (Phi) is 7.94. The number of hydrogen-bond acceptors (Lipinski definition) is 6. The number of aryl methyl sites for hydroxylation is 1. The maximum absolute atomic E-state index is 12.7. The molecule has 0 aliphatic carbocycles. The summed E-state index contributed by atoms with van der Waals surface area (Å²) in [7, 11) is 2.06. The molecule has 184 valence electrons. The normalized spacial score (nSPS) is 14.5. The Bertz CT molecular complexity index is 1170. The fourth-order valence-corrected chi connectivity index (χ4v) is 4.26. The Labute approximate surface area is 204 Å². The molecule has 2 aromatic carbocycles. The van der Waals surface area contributed by atoms with Crippen LogP contribution in [0.4, 0.5) is 8.78 Å². The SMILES string of the molecule is CC1=C(c2ccc(Oc3ncccc3OC(F)F)cc2C)N(C)CN(COCc2ccccc2)C1. The topological polar surface area (TPSA) is 47.1 Å². The maximum Gasteiger partial charge on any atom is 0.387 e. The van der Waals surface area contributed by atoms with Crippen LogP contribution in [-0.2, 0) is 11.3 Å². The largest absolute Gasteiger partial charge is 0.436 e. The molecule has 0 amide bonds. The third kappa shape index (κ3) is 6.35. The van der Waals surface area contributed by atoms with Gasteiger partial charge in [0, 0.05) is 31.0 Å². The molecule has 0 atom stereocenters. The van der Waals surface area contributed by atoms with Crippen molar-refractivity contribution in [2.75, 3.05) is 27.0 Å². The van der Waals surface area contributed by atoms with Crippen LogP contribution >= 0.6 is 0 Å². The molecule has 35 heavy (non-hydrogen) atoms. The van der Waals surface area contributed by atoms with E-state index in [-0.39, 0.29) is 11.6 Å². The van der Waals surface area contributed by atoms with Gasteiger partial charge in [-0.25, -0.2) is 4.98 Å². The molecule has 1 aliphatic rings. The van der Waals surface area contributed by atoms with E-state index >= 15 is 0 Å². The summed E-state index contributed by atoms with van der Waals surface area (Å²) < 4.78 is 41.6. The maximum atomic E-state index is 12.7. The number of rotatable bonds is 9. The van der Waals surface area contributed by atoms with E-state index in [0.717, 1.165) is 35.6 Å². The smallest absolute Gasteiger partial charge is 0.387 e. The second kappa shape index (κ2) is 11.3. The van der Waals surface area contributed by atoms with Crippen molar-refractivity contribution in [2.45, 2.75) is 27.1 Å². The summed E-state index contributed by atoms with van der Waals surface area (Å²) in [4.78, 5) is 8.49. The first-order valence-electron chi connectivity index (χ1n) is 11.3. The number of alkyl halides is 2. The summed E-state index contributed by atoms with van der Waals surface area (Å²) in [5.41, 5.74) is 5.64. The Morgan fingerprint density at radius 3 is 2.54 bits per heavy atom. The van der Waals surface area contributed by atoms with Crippen LogP contribution < -0.4 is 9.47 Å². The minimum Gasteiger partial charge on any atom is -0.436 e. The lowest BCUT2D eigenvalue weighted by molar-refractivity contribution is -0.0513. The molecule has 3 aromatic rings. The molecule has 0 N–H and O–H groups in total. The minimum absolute atomic E-state index is 0.00345. The summed E-state index contributed by atoms with van der Waals surface area (Å²) >= 11 is 0. The molecular formula is C27H29F2N3O3. The number of aromatic nitrogens is 1. The van der Waals surface area contributed by atoms with Crippen molar-refractivity contribution in [1.82, 2.24) is 14.8 Å². The molecule has 6 nitrogen and oxygen atoms in total. The van der Waals surface area contributed by atoms with Crippen molar-refractivity contribution >= 4 is 5.70 Å². The number of benzene rings is 2. The van der Waals surface area contributed by atoms with Crippen molar-refractivity contribution < 1.29 is 23.0 Å². The number of ether oxygens (including phenoxy) is 3. The van der Waals surface area contributed by atoms with Crippen LogP contribution in [-0.4, -0.2) is 48.4 Å². The lowest BCUT2D eigenvalue weighted by Gasteiger charge is -2.37. The van der Waals surface area contributed by atoms with Crippen LogP contribution in [0.1, 0.15) is 23.6 Å². The van der Waals surface area contributed by atoms with E-state index in [1.54, 1.807) is 0 Å². The molecule has 0 radical (unpaired) electrons. The van der Waals surface area contributed by atoms with Gasteiger partial charge in [-0.2, -0.15) is 8.78 Å². The van der Waals surface area contributed by atoms with Gasteiger partial charge in [-0.3, -0.25) is 4.90 Å². The van der Waals surface area contributed by atoms with Crippen LogP contribution in [0.3, 0.4) is 0 Å². The van der Waals surface area contributed by atoms with Gasteiger partial charge < -0.3 is 19.1 Å². The van der Waals surface area contributed by atoms with E-state index in [1.807, 2.05) is 43.3 Å². The van der Waals surface area contributed by atoms with Crippen molar-refractivity contribution in [3.63, 3.8) is 0 Å². The second-order valence-electron chi connectivity index (χ2n) is 8.52. The highest BCUT2D eigenvalue weighted by Crippen LogP contribution is 2.34. The van der Waals surface area contributed by atoms with Crippen molar-refractivity contribution in [2.24, 2.45) is 0 Å². The van der Waals surface area contributed by atoms with Gasteiger partial charge in [0.1, 0.15) is 12.5 Å². The molecule has 4 rings (SSSR count). The average molecular weight is 482 g/mol. The summed E-state index contributed by atoms with van der Waals surface area (Å²) in [5.74, 6) is 0.386. The van der Waals surface area contributed by atoms with Crippen LogP contribution in [0.25, 0.3) is 5.70 Å². The van der Waals surface area contributed by atoms with Gasteiger partial charge >= 0.3 is 6.61 Å². The number of halogens is 2. The molecule has 0 spiro atoms. The minimum atomic E-state index is -2.95. The molecule has 0 fully saturated rings. The third-order valence-corrected chi connectivity index (χ3v) is 5.66. The predicted molar refractivity (Wildman–Crippen MR) is 130 cm³/mol. The molecule has 8 heteroatoms. The molecule has 0 unspecified atom stereocenters. The first-order chi connectivity index (χ1) is 16.9. The number of pyridine rings is 1. The standard InChI is InChI=1S/C27H29F2N3O3/c1-19-14-22(34-26-24(35-27(28)29)10-7-13-30-26)11-12-23(19)25-20(2)15-32(17-31(25)3)18-33-16-21-8-5-4-6-9-21/h4-14,27H,15-18H2,1-3H3. The zero-order chi connectivity index (χ0) is 24.8. The highest BCUT2D eigenvalue weighted by molar-refractivity contribution is 5.71. The zero-order valence-electron chi connectivity index (χ0n) is 20.1. The average Bonchev–Trinajstić information content (AvgIpc) is 2.82. The first kappa shape index (κ1) is 24.6. The van der Waals surface area contributed by atoms with Crippen molar-refractivity contribution in [3.05, 3.63) is 89.1 Å². The molecule has 1 aromatic heterocycles.